The fourth-order valence-corrected chi connectivity index (χ4v) is 1.40. The summed E-state index contributed by atoms with van der Waals surface area (Å²) in [7, 11) is 0. The van der Waals surface area contributed by atoms with Crippen molar-refractivity contribution in [1.29, 1.82) is 0 Å². The molecule has 15 heavy (non-hydrogen) atoms. The molecule has 0 aliphatic carbocycles. The molecule has 0 bridgehead atoms. The van der Waals surface area contributed by atoms with Crippen LogP contribution >= 0.6 is 0 Å². The van der Waals surface area contributed by atoms with Crippen LogP contribution in [0.15, 0.2) is 0 Å². The van der Waals surface area contributed by atoms with E-state index in [1.165, 1.54) is 0 Å². The van der Waals surface area contributed by atoms with E-state index in [0.717, 1.165) is 32.7 Å². The molecule has 92 valence electrons. The van der Waals surface area contributed by atoms with Crippen molar-refractivity contribution >= 4 is 0 Å². The third-order valence-electron chi connectivity index (χ3n) is 2.31. The number of rotatable bonds is 9. The van der Waals surface area contributed by atoms with Gasteiger partial charge in [-0.2, -0.15) is 0 Å². The Labute approximate surface area is 94.4 Å². The van der Waals surface area contributed by atoms with Gasteiger partial charge < -0.3 is 9.84 Å². The van der Waals surface area contributed by atoms with E-state index in [-0.39, 0.29) is 6.61 Å². The lowest BCUT2D eigenvalue weighted by Gasteiger charge is -2.26. The summed E-state index contributed by atoms with van der Waals surface area (Å²) in [5, 5.41) is 8.78. The van der Waals surface area contributed by atoms with Gasteiger partial charge in [0.05, 0.1) is 6.61 Å². The number of aliphatic hydroxyl groups is 1. The molecule has 0 heterocycles. The normalized spacial score (nSPS) is 12.0. The maximum atomic E-state index is 8.78. The number of nitrogens with zero attached hydrogens (tertiary/aromatic N) is 1. The Kier molecular flexibility index (Phi) is 9.06. The largest absolute Gasteiger partial charge is 0.396 e. The predicted molar refractivity (Wildman–Crippen MR) is 64.1 cm³/mol. The summed E-state index contributed by atoms with van der Waals surface area (Å²) in [6.07, 6.45) is 0.850. The van der Waals surface area contributed by atoms with E-state index >= 15 is 0 Å². The second kappa shape index (κ2) is 9.13. The third kappa shape index (κ3) is 8.85. The summed E-state index contributed by atoms with van der Waals surface area (Å²) in [6.45, 7) is 12.5. The number of hydrogen-bond acceptors (Lipinski definition) is 3. The maximum Gasteiger partial charge on any atom is 0.0593 e. The molecule has 0 fully saturated rings. The molecule has 0 aromatic rings. The highest BCUT2D eigenvalue weighted by Crippen LogP contribution is 2.00. The lowest BCUT2D eigenvalue weighted by Crippen LogP contribution is -2.35. The van der Waals surface area contributed by atoms with E-state index < -0.39 is 0 Å². The molecule has 3 nitrogen and oxygen atoms in total. The summed E-state index contributed by atoms with van der Waals surface area (Å²) >= 11 is 0. The SMILES string of the molecule is CC(C)COCCN(CCCO)C(C)C. The second-order valence-electron chi connectivity index (χ2n) is 4.68. The molecule has 0 aliphatic rings. The molecule has 0 aromatic heterocycles. The predicted octanol–water partition coefficient (Wildman–Crippen LogP) is 1.75. The molecule has 0 atom stereocenters. The topological polar surface area (TPSA) is 32.7 Å². The van der Waals surface area contributed by atoms with Crippen LogP contribution in [0, 0.1) is 5.92 Å². The van der Waals surface area contributed by atoms with Crippen LogP contribution in [0.2, 0.25) is 0 Å². The summed E-state index contributed by atoms with van der Waals surface area (Å²) in [4.78, 5) is 2.34. The molecular formula is C12H27NO2. The van der Waals surface area contributed by atoms with Gasteiger partial charge in [0.25, 0.3) is 0 Å². The van der Waals surface area contributed by atoms with Crippen LogP contribution in [0.3, 0.4) is 0 Å². The van der Waals surface area contributed by atoms with Crippen LogP contribution in [-0.2, 0) is 4.74 Å². The molecular weight excluding hydrogens is 190 g/mol. The third-order valence-corrected chi connectivity index (χ3v) is 2.31. The molecule has 0 rings (SSSR count). The lowest BCUT2D eigenvalue weighted by molar-refractivity contribution is 0.0742. The van der Waals surface area contributed by atoms with Gasteiger partial charge in [-0.15, -0.1) is 0 Å². The first kappa shape index (κ1) is 14.9. The van der Waals surface area contributed by atoms with Gasteiger partial charge in [0.2, 0.25) is 0 Å². The zero-order valence-corrected chi connectivity index (χ0v) is 10.7. The van der Waals surface area contributed by atoms with Crippen LogP contribution in [-0.4, -0.2) is 49.0 Å². The summed E-state index contributed by atoms with van der Waals surface area (Å²) < 4.78 is 5.55. The summed E-state index contributed by atoms with van der Waals surface area (Å²) in [5.41, 5.74) is 0. The van der Waals surface area contributed by atoms with Crippen LogP contribution in [0.25, 0.3) is 0 Å². The van der Waals surface area contributed by atoms with Crippen LogP contribution in [0.4, 0.5) is 0 Å². The number of aliphatic hydroxyl groups excluding tert-OH is 1. The standard InChI is InChI=1S/C12H27NO2/c1-11(2)10-15-9-7-13(12(3)4)6-5-8-14/h11-12,14H,5-10H2,1-4H3. The lowest BCUT2D eigenvalue weighted by atomic mass is 10.2. The first-order valence-electron chi connectivity index (χ1n) is 6.00. The van der Waals surface area contributed by atoms with Gasteiger partial charge in [-0.05, 0) is 26.2 Å². The van der Waals surface area contributed by atoms with E-state index in [9.17, 15) is 0 Å². The van der Waals surface area contributed by atoms with E-state index in [0.29, 0.717) is 12.0 Å². The molecule has 0 aliphatic heterocycles. The minimum Gasteiger partial charge on any atom is -0.396 e. The Morgan fingerprint density at radius 1 is 1.13 bits per heavy atom. The fraction of sp³-hybridized carbons (Fsp3) is 1.00. The molecule has 0 radical (unpaired) electrons. The molecule has 0 saturated heterocycles. The van der Waals surface area contributed by atoms with Crippen molar-refractivity contribution in [1.82, 2.24) is 4.90 Å². The van der Waals surface area contributed by atoms with Gasteiger partial charge >= 0.3 is 0 Å². The van der Waals surface area contributed by atoms with E-state index in [4.69, 9.17) is 9.84 Å². The average Bonchev–Trinajstić information content (AvgIpc) is 2.15. The molecule has 0 aromatic carbocycles. The van der Waals surface area contributed by atoms with Crippen molar-refractivity contribution < 1.29 is 9.84 Å². The molecule has 3 heteroatoms. The molecule has 0 saturated carbocycles. The Hall–Kier alpha value is -0.120. The minimum absolute atomic E-state index is 0.274. The van der Waals surface area contributed by atoms with Crippen molar-refractivity contribution in [2.24, 2.45) is 5.92 Å². The first-order valence-corrected chi connectivity index (χ1v) is 6.00. The van der Waals surface area contributed by atoms with Gasteiger partial charge in [-0.1, -0.05) is 13.8 Å². The average molecular weight is 217 g/mol. The molecule has 0 amide bonds. The van der Waals surface area contributed by atoms with Crippen molar-refractivity contribution in [3.05, 3.63) is 0 Å². The Balaban J connectivity index is 3.57. The Morgan fingerprint density at radius 2 is 1.80 bits per heavy atom. The highest BCUT2D eigenvalue weighted by atomic mass is 16.5. The van der Waals surface area contributed by atoms with Gasteiger partial charge in [0.1, 0.15) is 0 Å². The van der Waals surface area contributed by atoms with Crippen LogP contribution < -0.4 is 0 Å². The minimum atomic E-state index is 0.274. The van der Waals surface area contributed by atoms with E-state index in [1.54, 1.807) is 0 Å². The van der Waals surface area contributed by atoms with Crippen molar-refractivity contribution in [2.45, 2.75) is 40.2 Å². The monoisotopic (exact) mass is 217 g/mol. The smallest absolute Gasteiger partial charge is 0.0593 e. The van der Waals surface area contributed by atoms with Crippen molar-refractivity contribution in [2.75, 3.05) is 32.9 Å². The van der Waals surface area contributed by atoms with Crippen LogP contribution in [0.1, 0.15) is 34.1 Å². The highest BCUT2D eigenvalue weighted by molar-refractivity contribution is 4.62. The Morgan fingerprint density at radius 3 is 2.27 bits per heavy atom. The fourth-order valence-electron chi connectivity index (χ4n) is 1.40. The van der Waals surface area contributed by atoms with Gasteiger partial charge in [-0.25, -0.2) is 0 Å². The number of ether oxygens (including phenoxy) is 1. The Bertz CT molecular complexity index is 138. The molecule has 0 unspecified atom stereocenters. The summed E-state index contributed by atoms with van der Waals surface area (Å²) in [6, 6.07) is 0.527. The van der Waals surface area contributed by atoms with Gasteiger partial charge in [-0.3, -0.25) is 4.90 Å². The second-order valence-corrected chi connectivity index (χ2v) is 4.68. The van der Waals surface area contributed by atoms with E-state index in [2.05, 4.69) is 32.6 Å². The zero-order chi connectivity index (χ0) is 11.7. The summed E-state index contributed by atoms with van der Waals surface area (Å²) in [5.74, 6) is 0.606. The maximum absolute atomic E-state index is 8.78. The number of hydrogen-bond donors (Lipinski definition) is 1. The van der Waals surface area contributed by atoms with Gasteiger partial charge in [0.15, 0.2) is 0 Å². The molecule has 0 spiro atoms. The quantitative estimate of drug-likeness (QED) is 0.597. The molecule has 1 N–H and O–H groups in total. The van der Waals surface area contributed by atoms with Crippen LogP contribution in [0.5, 0.6) is 0 Å². The van der Waals surface area contributed by atoms with Crippen molar-refractivity contribution in [3.63, 3.8) is 0 Å². The van der Waals surface area contributed by atoms with E-state index in [1.807, 2.05) is 0 Å². The highest BCUT2D eigenvalue weighted by Gasteiger charge is 2.08. The van der Waals surface area contributed by atoms with Gasteiger partial charge in [0, 0.05) is 32.3 Å². The zero-order valence-electron chi connectivity index (χ0n) is 10.7. The first-order chi connectivity index (χ1) is 7.07. The van der Waals surface area contributed by atoms with Crippen molar-refractivity contribution in [3.8, 4) is 0 Å².